The summed E-state index contributed by atoms with van der Waals surface area (Å²) in [4.78, 5) is 47.5. The second kappa shape index (κ2) is 12.2. The molecule has 3 N–H and O–H groups in total. The topological polar surface area (TPSA) is 139 Å². The Labute approximate surface area is 308 Å². The van der Waals surface area contributed by atoms with Crippen molar-refractivity contribution >= 4 is 34.6 Å². The van der Waals surface area contributed by atoms with Crippen molar-refractivity contribution in [1.29, 1.82) is 0 Å². The number of hydrogen-bond acceptors (Lipinski definition) is 8. The van der Waals surface area contributed by atoms with Gasteiger partial charge in [-0.1, -0.05) is 31.9 Å². The average Bonchev–Trinajstić information content (AvgIpc) is 3.68. The van der Waals surface area contributed by atoms with Gasteiger partial charge in [0.1, 0.15) is 35.9 Å². The van der Waals surface area contributed by atoms with E-state index in [1.165, 1.54) is 18.5 Å². The number of aliphatic imine (C=N–C) groups is 1. The largest absolute Gasteiger partial charge is 0.377 e. The molecule has 0 spiro atoms. The van der Waals surface area contributed by atoms with Gasteiger partial charge in [0.15, 0.2) is 5.78 Å². The molecule has 4 aliphatic carbocycles. The van der Waals surface area contributed by atoms with Crippen LogP contribution in [0.15, 0.2) is 47.7 Å². The van der Waals surface area contributed by atoms with Crippen molar-refractivity contribution in [2.45, 2.75) is 89.2 Å². The summed E-state index contributed by atoms with van der Waals surface area (Å²) < 4.78 is 16.4. The van der Waals surface area contributed by atoms with Crippen LogP contribution in [0, 0.1) is 52.2 Å². The predicted molar refractivity (Wildman–Crippen MR) is 197 cm³/mol. The number of anilines is 2. The van der Waals surface area contributed by atoms with E-state index in [-0.39, 0.29) is 23.2 Å². The summed E-state index contributed by atoms with van der Waals surface area (Å²) in [5, 5.41) is 22.7. The highest BCUT2D eigenvalue weighted by atomic mass is 19.1. The van der Waals surface area contributed by atoms with Gasteiger partial charge in [0, 0.05) is 47.8 Å². The van der Waals surface area contributed by atoms with Crippen molar-refractivity contribution in [1.82, 2.24) is 14.8 Å². The van der Waals surface area contributed by atoms with E-state index < -0.39 is 29.3 Å². The van der Waals surface area contributed by atoms with Crippen molar-refractivity contribution < 1.29 is 23.9 Å². The van der Waals surface area contributed by atoms with Gasteiger partial charge in [-0.15, -0.1) is 0 Å². The highest BCUT2D eigenvalue weighted by Crippen LogP contribution is 2.68. The van der Waals surface area contributed by atoms with Crippen LogP contribution >= 0.6 is 0 Å². The highest BCUT2D eigenvalue weighted by Gasteiger charge is 2.64. The summed E-state index contributed by atoms with van der Waals surface area (Å²) in [7, 11) is 1.80. The molecular weight excluding hydrogens is 671 g/mol. The van der Waals surface area contributed by atoms with Crippen molar-refractivity contribution in [2.75, 3.05) is 17.2 Å². The fraction of sp³-hybridized carbons (Fsp3) is 0.524. The van der Waals surface area contributed by atoms with Crippen LogP contribution in [0.25, 0.3) is 0 Å². The molecule has 2 unspecified atom stereocenters. The number of nitrogens with zero attached hydrogens (tertiary/aromatic N) is 4. The molecule has 1 aromatic heterocycles. The van der Waals surface area contributed by atoms with Crippen LogP contribution in [-0.4, -0.2) is 55.2 Å². The third kappa shape index (κ3) is 5.23. The minimum absolute atomic E-state index is 0.0721. The first-order chi connectivity index (χ1) is 25.4. The third-order valence-corrected chi connectivity index (χ3v) is 14.6. The van der Waals surface area contributed by atoms with Crippen LogP contribution in [0.1, 0.15) is 111 Å². The molecule has 53 heavy (non-hydrogen) atoms. The van der Waals surface area contributed by atoms with E-state index in [0.29, 0.717) is 76.3 Å². The molecule has 4 saturated carbocycles. The first-order valence-electron chi connectivity index (χ1n) is 19.1. The van der Waals surface area contributed by atoms with Crippen LogP contribution in [0.5, 0.6) is 0 Å². The van der Waals surface area contributed by atoms with Crippen LogP contribution in [0.3, 0.4) is 0 Å². The van der Waals surface area contributed by atoms with Gasteiger partial charge in [-0.25, -0.2) is 9.37 Å². The molecular formula is C42H45FN6O4. The summed E-state index contributed by atoms with van der Waals surface area (Å²) in [5.74, 6) is 7.16. The van der Waals surface area contributed by atoms with Crippen molar-refractivity contribution in [2.24, 2.45) is 46.5 Å². The Balaban J connectivity index is 0.929. The number of aliphatic hydroxyl groups is 1. The number of Topliss-reactive ketones (excluding diaryl/α,β-unsaturated/α-hetero) is 2. The van der Waals surface area contributed by atoms with E-state index in [1.807, 2.05) is 12.1 Å². The lowest BCUT2D eigenvalue weighted by Gasteiger charge is -2.60. The van der Waals surface area contributed by atoms with E-state index in [9.17, 15) is 23.9 Å². The Kier molecular flexibility index (Phi) is 7.83. The number of halogens is 1. The Morgan fingerprint density at radius 1 is 1.06 bits per heavy atom. The van der Waals surface area contributed by atoms with Gasteiger partial charge in [-0.2, -0.15) is 5.10 Å². The van der Waals surface area contributed by atoms with Crippen LogP contribution in [0.2, 0.25) is 0 Å². The summed E-state index contributed by atoms with van der Waals surface area (Å²) >= 11 is 0. The van der Waals surface area contributed by atoms with E-state index in [4.69, 9.17) is 0 Å². The smallest absolute Gasteiger partial charge is 0.300 e. The number of benzene rings is 2. The first-order valence-corrected chi connectivity index (χ1v) is 19.1. The van der Waals surface area contributed by atoms with Crippen molar-refractivity contribution in [3.8, 4) is 11.8 Å². The second-order valence-corrected chi connectivity index (χ2v) is 16.9. The number of carbonyl (C=O) groups excluding carboxylic acids is 3. The van der Waals surface area contributed by atoms with Gasteiger partial charge in [0.2, 0.25) is 0 Å². The number of hydrogen-bond donors (Lipinski definition) is 3. The molecule has 2 aromatic carbocycles. The average molecular weight is 717 g/mol. The molecule has 0 saturated heterocycles. The Bertz CT molecular complexity index is 2150. The molecule has 3 heterocycles. The van der Waals surface area contributed by atoms with Gasteiger partial charge in [-0.3, -0.25) is 24.1 Å². The maximum absolute atomic E-state index is 14.7. The molecule has 1 amide bonds. The highest BCUT2D eigenvalue weighted by molar-refractivity contribution is 6.21. The predicted octanol–water partition coefficient (Wildman–Crippen LogP) is 6.18. The molecule has 9 atom stereocenters. The van der Waals surface area contributed by atoms with E-state index in [2.05, 4.69) is 51.4 Å². The number of aryl methyl sites for hydroxylation is 1. The minimum Gasteiger partial charge on any atom is -0.377 e. The molecule has 3 aromatic rings. The summed E-state index contributed by atoms with van der Waals surface area (Å²) in [6, 6.07) is 9.59. The van der Waals surface area contributed by atoms with E-state index in [0.717, 1.165) is 50.5 Å². The third-order valence-electron chi connectivity index (χ3n) is 14.6. The number of amides is 1. The van der Waals surface area contributed by atoms with Gasteiger partial charge in [-0.05, 0) is 110 Å². The van der Waals surface area contributed by atoms with Gasteiger partial charge < -0.3 is 15.7 Å². The lowest BCUT2D eigenvalue weighted by molar-refractivity contribution is -0.147. The molecule has 4 fully saturated rings. The van der Waals surface area contributed by atoms with Gasteiger partial charge in [0.05, 0.1) is 17.7 Å². The molecule has 0 bridgehead atoms. The van der Waals surface area contributed by atoms with Crippen molar-refractivity contribution in [3.63, 3.8) is 0 Å². The lowest BCUT2D eigenvalue weighted by atomic mass is 9.44. The monoisotopic (exact) mass is 716 g/mol. The summed E-state index contributed by atoms with van der Waals surface area (Å²) in [6.07, 6.45) is 9.42. The van der Waals surface area contributed by atoms with Crippen LogP contribution in [-0.2, 0) is 16.6 Å². The molecule has 10 nitrogen and oxygen atoms in total. The number of nitrogens with one attached hydrogen (secondary N) is 2. The number of aromatic nitrogens is 3. The zero-order chi connectivity index (χ0) is 36.9. The molecule has 0 radical (unpaired) electrons. The number of carbonyl (C=O) groups is 3. The number of fused-ring (bicyclic) bond motifs is 5. The van der Waals surface area contributed by atoms with E-state index >= 15 is 0 Å². The maximum Gasteiger partial charge on any atom is 0.300 e. The fourth-order valence-electron chi connectivity index (χ4n) is 11.7. The zero-order valence-electron chi connectivity index (χ0n) is 30.4. The normalized spacial score (nSPS) is 35.4. The lowest BCUT2D eigenvalue weighted by Crippen LogP contribution is -2.56. The second-order valence-electron chi connectivity index (χ2n) is 16.9. The van der Waals surface area contributed by atoms with E-state index in [1.54, 1.807) is 23.9 Å². The maximum atomic E-state index is 14.7. The number of rotatable bonds is 3. The summed E-state index contributed by atoms with van der Waals surface area (Å²) in [5.41, 5.74) is 2.00. The fourth-order valence-corrected chi connectivity index (χ4v) is 11.7. The number of ketones is 2. The summed E-state index contributed by atoms with van der Waals surface area (Å²) in [6.45, 7) is 4.53. The molecule has 6 aliphatic rings. The molecule has 11 heteroatoms. The Hall–Kier alpha value is -4.69. The molecule has 2 aliphatic heterocycles. The van der Waals surface area contributed by atoms with Crippen LogP contribution < -0.4 is 10.6 Å². The minimum atomic E-state index is -1.24. The standard InChI is InChI=1S/C42H45FN6O4/c1-40-14-10-27(50)18-24(40)6-9-28-30(40)11-15-41(2)31(28)12-16-42(41,53)17-13-34(52)47-26-7-4-23(5-8-26)37-36(39-45-22-46-49(39)3)38-35-29(33(51)21-44-38)19-25(43)20-32(35)48-37/h4-5,7-8,19-20,22,24,28,30-31,36-37,48,53H,6,9-12,14-16,18,21H2,1-3H3,(H,47,52)/t24-,28+,30-,31-,36?,37?,40-,41-,42+/m0/s1. The quantitative estimate of drug-likeness (QED) is 0.276. The first kappa shape index (κ1) is 34.1. The van der Waals surface area contributed by atoms with Crippen molar-refractivity contribution in [3.05, 3.63) is 71.1 Å². The van der Waals surface area contributed by atoms with Crippen LogP contribution in [0.4, 0.5) is 15.8 Å². The Morgan fingerprint density at radius 3 is 2.62 bits per heavy atom. The van der Waals surface area contributed by atoms with Gasteiger partial charge >= 0.3 is 0 Å². The zero-order valence-corrected chi connectivity index (χ0v) is 30.4. The Morgan fingerprint density at radius 2 is 1.85 bits per heavy atom. The SMILES string of the molecule is Cn1ncnc1C1C2=NCC(=O)c3cc(F)cc(c32)NC1c1ccc(NC(=O)C#C[C@]2(O)CC[C@H]3[C@@H]4CC[C@H]5CC(=O)CC[C@]5(C)[C@H]4CC[C@@]32C)cc1. The van der Waals surface area contributed by atoms with Gasteiger partial charge in [0.25, 0.3) is 5.91 Å². The molecule has 274 valence electrons. The molecule has 9 rings (SSSR count).